The average Bonchev–Trinajstić information content (AvgIpc) is 2.35. The van der Waals surface area contributed by atoms with Crippen molar-refractivity contribution in [2.75, 3.05) is 12.4 Å². The highest BCUT2D eigenvalue weighted by atomic mass is 19.4. The van der Waals surface area contributed by atoms with E-state index < -0.39 is 29.5 Å². The van der Waals surface area contributed by atoms with Crippen molar-refractivity contribution >= 4 is 11.8 Å². The molecule has 1 amide bonds. The van der Waals surface area contributed by atoms with Gasteiger partial charge in [-0.15, -0.1) is 0 Å². The minimum atomic E-state index is -4.88. The molecular formula is C14H18F3NO4. The molecule has 0 heterocycles. The molecule has 0 radical (unpaired) electrons. The molecule has 2 N–H and O–H groups in total. The third-order valence-corrected chi connectivity index (χ3v) is 2.50. The fraction of sp³-hybridized carbons (Fsp3) is 0.500. The number of benzene rings is 1. The number of halogens is 3. The van der Waals surface area contributed by atoms with Gasteiger partial charge in [-0.2, -0.15) is 13.2 Å². The molecule has 0 saturated heterocycles. The van der Waals surface area contributed by atoms with Crippen molar-refractivity contribution in [3.05, 3.63) is 23.8 Å². The molecule has 1 aromatic rings. The number of hydrogen-bond donors (Lipinski definition) is 2. The van der Waals surface area contributed by atoms with E-state index in [4.69, 9.17) is 9.47 Å². The predicted octanol–water partition coefficient (Wildman–Crippen LogP) is 3.64. The maximum absolute atomic E-state index is 12.7. The van der Waals surface area contributed by atoms with Gasteiger partial charge in [-0.25, -0.2) is 4.79 Å². The first-order valence-electron chi connectivity index (χ1n) is 6.37. The number of alkyl halides is 3. The lowest BCUT2D eigenvalue weighted by Crippen LogP contribution is -2.28. The molecule has 124 valence electrons. The Hall–Kier alpha value is -1.96. The van der Waals surface area contributed by atoms with Crippen molar-refractivity contribution in [3.63, 3.8) is 0 Å². The first-order valence-corrected chi connectivity index (χ1v) is 6.37. The lowest BCUT2D eigenvalue weighted by Gasteiger charge is -2.22. The van der Waals surface area contributed by atoms with Crippen molar-refractivity contribution in [1.29, 1.82) is 0 Å². The molecule has 0 saturated carbocycles. The zero-order valence-electron chi connectivity index (χ0n) is 12.6. The number of methoxy groups -OCH3 is 1. The van der Waals surface area contributed by atoms with Gasteiger partial charge in [-0.1, -0.05) is 0 Å². The number of carbonyl (C=O) groups is 1. The molecule has 0 aliphatic rings. The van der Waals surface area contributed by atoms with Crippen LogP contribution in [0, 0.1) is 0 Å². The summed E-state index contributed by atoms with van der Waals surface area (Å²) in [6.07, 6.45) is -8.56. The van der Waals surface area contributed by atoms with E-state index in [0.29, 0.717) is 0 Å². The fourth-order valence-corrected chi connectivity index (χ4v) is 1.60. The Morgan fingerprint density at radius 2 is 1.86 bits per heavy atom. The summed E-state index contributed by atoms with van der Waals surface area (Å²) < 4.78 is 48.0. The van der Waals surface area contributed by atoms with Gasteiger partial charge in [0.25, 0.3) is 0 Å². The maximum Gasteiger partial charge on any atom is 0.418 e. The summed E-state index contributed by atoms with van der Waals surface area (Å²) >= 11 is 0. The van der Waals surface area contributed by atoms with E-state index in [9.17, 15) is 23.1 Å². The van der Waals surface area contributed by atoms with E-state index in [1.54, 1.807) is 20.8 Å². The Kier molecular flexibility index (Phi) is 5.29. The minimum Gasteiger partial charge on any atom is -0.497 e. The van der Waals surface area contributed by atoms with Crippen LogP contribution >= 0.6 is 0 Å². The second kappa shape index (κ2) is 6.43. The van der Waals surface area contributed by atoms with Gasteiger partial charge in [-0.05, 0) is 39.0 Å². The highest BCUT2D eigenvalue weighted by molar-refractivity contribution is 5.86. The van der Waals surface area contributed by atoms with E-state index in [2.05, 4.69) is 5.32 Å². The second-order valence-electron chi connectivity index (χ2n) is 5.52. The first-order chi connectivity index (χ1) is 9.94. The third kappa shape index (κ3) is 5.10. The van der Waals surface area contributed by atoms with E-state index in [1.165, 1.54) is 19.2 Å². The van der Waals surface area contributed by atoms with Gasteiger partial charge in [0, 0.05) is 5.56 Å². The molecule has 1 rings (SSSR count). The number of aliphatic hydroxyl groups excluding tert-OH is 1. The Morgan fingerprint density at radius 3 is 2.32 bits per heavy atom. The van der Waals surface area contributed by atoms with Crippen LogP contribution in [0.3, 0.4) is 0 Å². The van der Waals surface area contributed by atoms with Gasteiger partial charge in [0.2, 0.25) is 0 Å². The summed E-state index contributed by atoms with van der Waals surface area (Å²) in [6, 6.07) is 3.57. The number of nitrogens with one attached hydrogen (secondary N) is 1. The lowest BCUT2D eigenvalue weighted by atomic mass is 10.1. The highest BCUT2D eigenvalue weighted by Gasteiger charge is 2.41. The first kappa shape index (κ1) is 18.1. The largest absolute Gasteiger partial charge is 0.497 e. The van der Waals surface area contributed by atoms with E-state index in [1.807, 2.05) is 0 Å². The average molecular weight is 321 g/mol. The lowest BCUT2D eigenvalue weighted by molar-refractivity contribution is -0.206. The molecule has 1 aromatic carbocycles. The number of anilines is 1. The van der Waals surface area contributed by atoms with Gasteiger partial charge in [0.15, 0.2) is 6.10 Å². The maximum atomic E-state index is 12.7. The topological polar surface area (TPSA) is 67.8 Å². The van der Waals surface area contributed by atoms with Gasteiger partial charge >= 0.3 is 12.3 Å². The molecule has 0 aliphatic carbocycles. The highest BCUT2D eigenvalue weighted by Crippen LogP contribution is 2.37. The number of ether oxygens (including phenoxy) is 2. The number of carbonyl (C=O) groups excluding carboxylic acids is 1. The van der Waals surface area contributed by atoms with E-state index >= 15 is 0 Å². The van der Waals surface area contributed by atoms with Crippen LogP contribution in [0.5, 0.6) is 5.75 Å². The standard InChI is InChI=1S/C14H18F3NO4/c1-13(2,3)22-12(20)18-10-6-5-8(21-4)7-9(10)11(19)14(15,16)17/h5-7,11,19H,1-4H3,(H,18,20)/t11-/m0/s1. The van der Waals surface area contributed by atoms with Crippen LogP contribution < -0.4 is 10.1 Å². The van der Waals surface area contributed by atoms with Crippen molar-refractivity contribution in [1.82, 2.24) is 0 Å². The molecule has 0 spiro atoms. The van der Waals surface area contributed by atoms with Crippen molar-refractivity contribution in [2.24, 2.45) is 0 Å². The summed E-state index contributed by atoms with van der Waals surface area (Å²) in [5.74, 6) is 0.119. The molecular weight excluding hydrogens is 303 g/mol. The second-order valence-corrected chi connectivity index (χ2v) is 5.52. The predicted molar refractivity (Wildman–Crippen MR) is 73.9 cm³/mol. The monoisotopic (exact) mass is 321 g/mol. The van der Waals surface area contributed by atoms with Gasteiger partial charge in [0.1, 0.15) is 11.4 Å². The Labute approximate surface area is 126 Å². The summed E-state index contributed by atoms with van der Waals surface area (Å²) in [7, 11) is 1.28. The molecule has 0 aromatic heterocycles. The number of rotatable bonds is 3. The van der Waals surface area contributed by atoms with Crippen molar-refractivity contribution in [2.45, 2.75) is 38.7 Å². The molecule has 0 unspecified atom stereocenters. The van der Waals surface area contributed by atoms with Crippen LogP contribution in [0.2, 0.25) is 0 Å². The van der Waals surface area contributed by atoms with Crippen molar-refractivity contribution in [3.8, 4) is 5.75 Å². The van der Waals surface area contributed by atoms with Crippen LogP contribution in [0.4, 0.5) is 23.7 Å². The molecule has 0 aliphatic heterocycles. The fourth-order valence-electron chi connectivity index (χ4n) is 1.60. The normalized spacial score (nSPS) is 13.5. The number of amides is 1. The quantitative estimate of drug-likeness (QED) is 0.892. The Balaban J connectivity index is 3.11. The van der Waals surface area contributed by atoms with Gasteiger partial charge in [-0.3, -0.25) is 5.32 Å². The van der Waals surface area contributed by atoms with Crippen LogP contribution in [-0.2, 0) is 4.74 Å². The van der Waals surface area contributed by atoms with Gasteiger partial charge in [0.05, 0.1) is 12.8 Å². The summed E-state index contributed by atoms with van der Waals surface area (Å²) in [4.78, 5) is 11.7. The molecule has 0 bridgehead atoms. The smallest absolute Gasteiger partial charge is 0.418 e. The summed E-state index contributed by atoms with van der Waals surface area (Å²) in [6.45, 7) is 4.85. The van der Waals surface area contributed by atoms with Crippen LogP contribution in [0.15, 0.2) is 18.2 Å². The van der Waals surface area contributed by atoms with Crippen molar-refractivity contribution < 1.29 is 32.5 Å². The molecule has 1 atom stereocenters. The van der Waals surface area contributed by atoms with Crippen LogP contribution in [0.1, 0.15) is 32.4 Å². The molecule has 8 heteroatoms. The molecule has 22 heavy (non-hydrogen) atoms. The Bertz CT molecular complexity index is 538. The molecule has 5 nitrogen and oxygen atoms in total. The summed E-state index contributed by atoms with van der Waals surface area (Å²) in [5, 5.41) is 11.6. The van der Waals surface area contributed by atoms with Gasteiger partial charge < -0.3 is 14.6 Å². The van der Waals surface area contributed by atoms with Crippen LogP contribution in [-0.4, -0.2) is 30.1 Å². The molecule has 0 fully saturated rings. The zero-order chi connectivity index (χ0) is 17.1. The van der Waals surface area contributed by atoms with E-state index in [0.717, 1.165) is 6.07 Å². The number of hydrogen-bond acceptors (Lipinski definition) is 4. The zero-order valence-corrected chi connectivity index (χ0v) is 12.6. The minimum absolute atomic E-state index is 0.119. The number of aliphatic hydroxyl groups is 1. The Morgan fingerprint density at radius 1 is 1.27 bits per heavy atom. The third-order valence-electron chi connectivity index (χ3n) is 2.50. The summed E-state index contributed by atoms with van der Waals surface area (Å²) in [5.41, 5.74) is -1.54. The van der Waals surface area contributed by atoms with E-state index in [-0.39, 0.29) is 11.4 Å². The van der Waals surface area contributed by atoms with Crippen LogP contribution in [0.25, 0.3) is 0 Å². The SMILES string of the molecule is COc1ccc(NC(=O)OC(C)(C)C)c([C@H](O)C(F)(F)F)c1.